The van der Waals surface area contributed by atoms with E-state index in [2.05, 4.69) is 28.5 Å². The Morgan fingerprint density at radius 3 is 2.94 bits per heavy atom. The van der Waals surface area contributed by atoms with Crippen LogP contribution in [-0.4, -0.2) is 17.6 Å². The Hall–Kier alpha value is -3.62. The number of aromatic nitrogens is 1. The number of rotatable bonds is 5. The molecule has 1 aliphatic rings. The fourth-order valence-electron chi connectivity index (χ4n) is 3.85. The first-order valence-corrected chi connectivity index (χ1v) is 12.3. The maximum absolute atomic E-state index is 13.4. The molecule has 4 aromatic rings. The second-order valence-corrected chi connectivity index (χ2v) is 9.52. The molecule has 0 bridgehead atoms. The van der Waals surface area contributed by atoms with E-state index in [-0.39, 0.29) is 24.4 Å². The average Bonchev–Trinajstić information content (AvgIpc) is 3.52. The lowest BCUT2D eigenvalue weighted by molar-refractivity contribution is 0.306. The standard InChI is InChI=1S/C27H20ClFN4OS/c28-24-12-21(6-7-25(24)34-16-17-2-1-3-19(29)10-17)32-27-23-8-9-35-26(23)13-22(33-27)5-4-20-11-18(14-30)15-31-20/h1-3,6-10,12-13,18,20,31H,11,15-16H2,(H,32,33)/t18-,20-/m1/s1. The number of hydrogen-bond donors (Lipinski definition) is 2. The Morgan fingerprint density at radius 1 is 1.23 bits per heavy atom. The quantitative estimate of drug-likeness (QED) is 0.315. The average molecular weight is 503 g/mol. The number of nitrogens with one attached hydrogen (secondary N) is 2. The normalized spacial score (nSPS) is 16.9. The third-order valence-electron chi connectivity index (χ3n) is 5.62. The van der Waals surface area contributed by atoms with E-state index in [0.717, 1.165) is 27.8 Å². The van der Waals surface area contributed by atoms with E-state index in [4.69, 9.17) is 26.6 Å². The van der Waals surface area contributed by atoms with Crippen molar-refractivity contribution < 1.29 is 9.13 Å². The van der Waals surface area contributed by atoms with Crippen molar-refractivity contribution in [2.75, 3.05) is 11.9 Å². The Morgan fingerprint density at radius 2 is 2.14 bits per heavy atom. The van der Waals surface area contributed by atoms with Crippen LogP contribution in [0.2, 0.25) is 5.02 Å². The summed E-state index contributed by atoms with van der Waals surface area (Å²) in [5, 5.41) is 19.1. The van der Waals surface area contributed by atoms with Gasteiger partial charge in [-0.1, -0.05) is 29.7 Å². The molecule has 35 heavy (non-hydrogen) atoms. The van der Waals surface area contributed by atoms with Crippen molar-refractivity contribution in [3.05, 3.63) is 82.1 Å². The minimum Gasteiger partial charge on any atom is -0.487 e. The van der Waals surface area contributed by atoms with Crippen LogP contribution in [0.4, 0.5) is 15.9 Å². The van der Waals surface area contributed by atoms with Crippen LogP contribution < -0.4 is 15.4 Å². The molecule has 2 aromatic heterocycles. The molecule has 0 amide bonds. The highest BCUT2D eigenvalue weighted by atomic mass is 35.5. The van der Waals surface area contributed by atoms with E-state index in [1.165, 1.54) is 12.1 Å². The van der Waals surface area contributed by atoms with Gasteiger partial charge >= 0.3 is 0 Å². The van der Waals surface area contributed by atoms with E-state index < -0.39 is 0 Å². The number of nitriles is 1. The number of pyridine rings is 1. The van der Waals surface area contributed by atoms with Gasteiger partial charge in [0.15, 0.2) is 0 Å². The van der Waals surface area contributed by atoms with Gasteiger partial charge in [-0.05, 0) is 65.7 Å². The molecule has 8 heteroatoms. The van der Waals surface area contributed by atoms with Crippen LogP contribution in [0.3, 0.4) is 0 Å². The van der Waals surface area contributed by atoms with Crippen LogP contribution in [0, 0.1) is 34.9 Å². The summed E-state index contributed by atoms with van der Waals surface area (Å²) in [7, 11) is 0. The van der Waals surface area contributed by atoms with Crippen LogP contribution in [-0.2, 0) is 6.61 Å². The molecular formula is C27H20ClFN4OS. The number of fused-ring (bicyclic) bond motifs is 1. The number of ether oxygens (including phenoxy) is 1. The minimum atomic E-state index is -0.304. The lowest BCUT2D eigenvalue weighted by Crippen LogP contribution is -2.19. The molecule has 1 saturated heterocycles. The molecule has 2 N–H and O–H groups in total. The topological polar surface area (TPSA) is 70.0 Å². The summed E-state index contributed by atoms with van der Waals surface area (Å²) in [5.74, 6) is 7.25. The monoisotopic (exact) mass is 502 g/mol. The highest BCUT2D eigenvalue weighted by molar-refractivity contribution is 7.17. The largest absolute Gasteiger partial charge is 0.487 e. The molecule has 0 aliphatic carbocycles. The molecule has 1 fully saturated rings. The second-order valence-electron chi connectivity index (χ2n) is 8.17. The lowest BCUT2D eigenvalue weighted by atomic mass is 10.1. The van der Waals surface area contributed by atoms with Crippen LogP contribution in [0.25, 0.3) is 10.1 Å². The maximum Gasteiger partial charge on any atom is 0.140 e. The lowest BCUT2D eigenvalue weighted by Gasteiger charge is -2.12. The van der Waals surface area contributed by atoms with E-state index in [1.807, 2.05) is 23.6 Å². The fraction of sp³-hybridized carbons (Fsp3) is 0.185. The number of hydrogen-bond acceptors (Lipinski definition) is 6. The zero-order chi connectivity index (χ0) is 24.2. The van der Waals surface area contributed by atoms with Crippen LogP contribution in [0.15, 0.2) is 60.0 Å². The van der Waals surface area contributed by atoms with Crippen molar-refractivity contribution in [1.82, 2.24) is 10.3 Å². The van der Waals surface area contributed by atoms with Gasteiger partial charge in [0, 0.05) is 22.3 Å². The first kappa shape index (κ1) is 23.1. The van der Waals surface area contributed by atoms with Crippen molar-refractivity contribution in [2.24, 2.45) is 5.92 Å². The Kier molecular flexibility index (Phi) is 6.83. The molecule has 1 aliphatic heterocycles. The van der Waals surface area contributed by atoms with Crippen LogP contribution in [0.1, 0.15) is 17.7 Å². The zero-order valence-corrected chi connectivity index (χ0v) is 20.1. The number of thiophene rings is 1. The molecule has 174 valence electrons. The van der Waals surface area contributed by atoms with E-state index >= 15 is 0 Å². The van der Waals surface area contributed by atoms with Gasteiger partial charge in [0.2, 0.25) is 0 Å². The van der Waals surface area contributed by atoms with Gasteiger partial charge in [-0.3, -0.25) is 0 Å². The van der Waals surface area contributed by atoms with E-state index in [9.17, 15) is 4.39 Å². The summed E-state index contributed by atoms with van der Waals surface area (Å²) >= 11 is 8.08. The summed E-state index contributed by atoms with van der Waals surface area (Å²) in [4.78, 5) is 4.72. The molecule has 0 unspecified atom stereocenters. The molecule has 5 nitrogen and oxygen atoms in total. The molecule has 0 saturated carbocycles. The highest BCUT2D eigenvalue weighted by Crippen LogP contribution is 2.33. The highest BCUT2D eigenvalue weighted by Gasteiger charge is 2.21. The molecule has 0 spiro atoms. The first-order chi connectivity index (χ1) is 17.1. The van der Waals surface area contributed by atoms with Crippen molar-refractivity contribution in [2.45, 2.75) is 19.1 Å². The zero-order valence-electron chi connectivity index (χ0n) is 18.5. The summed E-state index contributed by atoms with van der Waals surface area (Å²) in [5.41, 5.74) is 2.14. The Bertz CT molecular complexity index is 1490. The van der Waals surface area contributed by atoms with Gasteiger partial charge in [-0.2, -0.15) is 5.26 Å². The summed E-state index contributed by atoms with van der Waals surface area (Å²) in [6, 6.07) is 17.9. The number of halogens is 2. The molecule has 0 radical (unpaired) electrons. The summed E-state index contributed by atoms with van der Waals surface area (Å²) in [6.45, 7) is 0.885. The molecule has 3 heterocycles. The molecule has 5 rings (SSSR count). The van der Waals surface area contributed by atoms with Gasteiger partial charge in [0.25, 0.3) is 0 Å². The van der Waals surface area contributed by atoms with Crippen molar-refractivity contribution in [3.8, 4) is 23.7 Å². The van der Waals surface area contributed by atoms with Crippen molar-refractivity contribution in [3.63, 3.8) is 0 Å². The van der Waals surface area contributed by atoms with Crippen molar-refractivity contribution >= 4 is 44.5 Å². The second kappa shape index (κ2) is 10.3. The molecular weight excluding hydrogens is 483 g/mol. The number of benzene rings is 2. The van der Waals surface area contributed by atoms with E-state index in [1.54, 1.807) is 35.6 Å². The van der Waals surface area contributed by atoms with Gasteiger partial charge in [-0.25, -0.2) is 9.37 Å². The summed E-state index contributed by atoms with van der Waals surface area (Å²) < 4.78 is 20.2. The maximum atomic E-state index is 13.4. The Labute approximate surface area is 211 Å². The van der Waals surface area contributed by atoms with Crippen LogP contribution >= 0.6 is 22.9 Å². The number of nitrogens with zero attached hydrogens (tertiary/aromatic N) is 2. The minimum absolute atomic E-state index is 0.00405. The van der Waals surface area contributed by atoms with Crippen molar-refractivity contribution in [1.29, 1.82) is 5.26 Å². The number of anilines is 2. The van der Waals surface area contributed by atoms with Crippen LogP contribution in [0.5, 0.6) is 5.75 Å². The third kappa shape index (κ3) is 5.55. The third-order valence-corrected chi connectivity index (χ3v) is 6.78. The first-order valence-electron chi connectivity index (χ1n) is 11.0. The molecule has 2 aromatic carbocycles. The van der Waals surface area contributed by atoms with Gasteiger partial charge in [-0.15, -0.1) is 11.3 Å². The van der Waals surface area contributed by atoms with E-state index in [0.29, 0.717) is 28.8 Å². The predicted molar refractivity (Wildman–Crippen MR) is 137 cm³/mol. The smallest absolute Gasteiger partial charge is 0.140 e. The van der Waals surface area contributed by atoms with Gasteiger partial charge < -0.3 is 15.4 Å². The fourth-order valence-corrected chi connectivity index (χ4v) is 4.91. The SMILES string of the molecule is N#C[C@@H]1CN[C@H](C#Cc2cc3sccc3c(Nc3ccc(OCc4cccc(F)c4)c(Cl)c3)n2)C1. The Balaban J connectivity index is 1.33. The van der Waals surface area contributed by atoms with Gasteiger partial charge in [0.1, 0.15) is 29.7 Å². The van der Waals surface area contributed by atoms with Gasteiger partial charge in [0.05, 0.1) is 23.1 Å². The summed E-state index contributed by atoms with van der Waals surface area (Å²) in [6.07, 6.45) is 0.724. The predicted octanol–water partition coefficient (Wildman–Crippen LogP) is 6.26. The molecule has 2 atom stereocenters.